The number of amides is 2. The summed E-state index contributed by atoms with van der Waals surface area (Å²) in [5.41, 5.74) is 2.99. The molecule has 32 heavy (non-hydrogen) atoms. The first-order chi connectivity index (χ1) is 15.2. The third-order valence-electron chi connectivity index (χ3n) is 5.73. The predicted molar refractivity (Wildman–Crippen MR) is 126 cm³/mol. The molecule has 2 N–H and O–H groups in total. The summed E-state index contributed by atoms with van der Waals surface area (Å²) in [7, 11) is 0. The number of benzene rings is 1. The van der Waals surface area contributed by atoms with Gasteiger partial charge < -0.3 is 15.4 Å². The van der Waals surface area contributed by atoms with Crippen LogP contribution in [-0.2, 0) is 4.74 Å². The standard InChI is InChI=1S/C26H35N3O3/c1-18-14-22(15-23(28-18)21-8-6-5-7-9-21)24(30)27-16-19-10-12-20(13-11-19)17-32-25(31)29-26(2,3)4/h5-9,14-15,19-20H,10-13,16-17H2,1-4H3,(H,27,30)(H,29,31). The Bertz CT molecular complexity index is 914. The molecule has 2 aromatic rings. The van der Waals surface area contributed by atoms with Crippen molar-refractivity contribution in [1.29, 1.82) is 0 Å². The van der Waals surface area contributed by atoms with Gasteiger partial charge in [-0.3, -0.25) is 9.78 Å². The molecule has 1 aliphatic carbocycles. The fourth-order valence-corrected chi connectivity index (χ4v) is 4.03. The molecule has 1 aromatic heterocycles. The van der Waals surface area contributed by atoms with Crippen LogP contribution in [0, 0.1) is 18.8 Å². The lowest BCUT2D eigenvalue weighted by atomic mass is 9.82. The quantitative estimate of drug-likeness (QED) is 0.657. The monoisotopic (exact) mass is 437 g/mol. The third-order valence-corrected chi connectivity index (χ3v) is 5.73. The number of aromatic nitrogens is 1. The number of ether oxygens (including phenoxy) is 1. The highest BCUT2D eigenvalue weighted by molar-refractivity contribution is 5.95. The molecule has 6 nitrogen and oxygen atoms in total. The molecule has 6 heteroatoms. The molecular formula is C26H35N3O3. The smallest absolute Gasteiger partial charge is 0.407 e. The number of nitrogens with zero attached hydrogens (tertiary/aromatic N) is 1. The fraction of sp³-hybridized carbons (Fsp3) is 0.500. The second-order valence-corrected chi connectivity index (χ2v) is 9.82. The summed E-state index contributed by atoms with van der Waals surface area (Å²) in [6, 6.07) is 13.6. The van der Waals surface area contributed by atoms with Gasteiger partial charge in [0.1, 0.15) is 0 Å². The Morgan fingerprint density at radius 3 is 2.34 bits per heavy atom. The van der Waals surface area contributed by atoms with Crippen LogP contribution in [0.5, 0.6) is 0 Å². The summed E-state index contributed by atoms with van der Waals surface area (Å²) in [6.07, 6.45) is 3.72. The normalized spacial score (nSPS) is 18.6. The van der Waals surface area contributed by atoms with Crippen molar-refractivity contribution >= 4 is 12.0 Å². The van der Waals surface area contributed by atoms with Gasteiger partial charge in [-0.2, -0.15) is 0 Å². The van der Waals surface area contributed by atoms with Crippen molar-refractivity contribution in [3.05, 3.63) is 53.7 Å². The highest BCUT2D eigenvalue weighted by atomic mass is 16.5. The molecule has 0 radical (unpaired) electrons. The van der Waals surface area contributed by atoms with E-state index >= 15 is 0 Å². The largest absolute Gasteiger partial charge is 0.449 e. The zero-order valence-corrected chi connectivity index (χ0v) is 19.6. The van der Waals surface area contributed by atoms with Crippen molar-refractivity contribution in [3.8, 4) is 11.3 Å². The van der Waals surface area contributed by atoms with Crippen molar-refractivity contribution in [2.75, 3.05) is 13.2 Å². The summed E-state index contributed by atoms with van der Waals surface area (Å²) >= 11 is 0. The molecule has 1 aliphatic rings. The minimum absolute atomic E-state index is 0.0583. The molecule has 172 valence electrons. The second-order valence-electron chi connectivity index (χ2n) is 9.82. The SMILES string of the molecule is Cc1cc(C(=O)NCC2CCC(COC(=O)NC(C)(C)C)CC2)cc(-c2ccccc2)n1. The van der Waals surface area contributed by atoms with E-state index in [9.17, 15) is 9.59 Å². The zero-order valence-electron chi connectivity index (χ0n) is 19.6. The molecule has 1 fully saturated rings. The molecule has 0 spiro atoms. The molecule has 1 heterocycles. The van der Waals surface area contributed by atoms with Gasteiger partial charge in [-0.25, -0.2) is 4.79 Å². The summed E-state index contributed by atoms with van der Waals surface area (Å²) in [5.74, 6) is 0.788. The average molecular weight is 438 g/mol. The molecule has 3 rings (SSSR count). The van der Waals surface area contributed by atoms with Gasteiger partial charge in [0, 0.05) is 28.9 Å². The first-order valence-corrected chi connectivity index (χ1v) is 11.5. The minimum atomic E-state index is -0.352. The second kappa shape index (κ2) is 10.6. The van der Waals surface area contributed by atoms with Crippen molar-refractivity contribution < 1.29 is 14.3 Å². The van der Waals surface area contributed by atoms with Gasteiger partial charge in [0.25, 0.3) is 5.91 Å². The third kappa shape index (κ3) is 7.36. The maximum atomic E-state index is 12.8. The Morgan fingerprint density at radius 2 is 1.69 bits per heavy atom. The van der Waals surface area contributed by atoms with E-state index in [1.54, 1.807) is 0 Å². The molecule has 1 saturated carbocycles. The van der Waals surface area contributed by atoms with E-state index in [-0.39, 0.29) is 17.5 Å². The first-order valence-electron chi connectivity index (χ1n) is 11.5. The Morgan fingerprint density at radius 1 is 1.03 bits per heavy atom. The number of hydrogen-bond acceptors (Lipinski definition) is 4. The van der Waals surface area contributed by atoms with E-state index in [0.717, 1.165) is 42.6 Å². The fourth-order valence-electron chi connectivity index (χ4n) is 4.03. The van der Waals surface area contributed by atoms with Crippen LogP contribution >= 0.6 is 0 Å². The van der Waals surface area contributed by atoms with Crippen LogP contribution in [0.3, 0.4) is 0 Å². The lowest BCUT2D eigenvalue weighted by molar-refractivity contribution is 0.0915. The van der Waals surface area contributed by atoms with Crippen molar-refractivity contribution in [1.82, 2.24) is 15.6 Å². The van der Waals surface area contributed by atoms with Gasteiger partial charge in [0.15, 0.2) is 0 Å². The molecule has 0 saturated heterocycles. The number of nitrogens with one attached hydrogen (secondary N) is 2. The van der Waals surface area contributed by atoms with Crippen molar-refractivity contribution in [3.63, 3.8) is 0 Å². The van der Waals surface area contributed by atoms with Crippen molar-refractivity contribution in [2.24, 2.45) is 11.8 Å². The molecule has 2 amide bonds. The summed E-state index contributed by atoms with van der Waals surface area (Å²) in [6.45, 7) is 8.84. The van der Waals surface area contributed by atoms with Crippen LogP contribution in [0.25, 0.3) is 11.3 Å². The molecule has 0 aliphatic heterocycles. The lowest BCUT2D eigenvalue weighted by Crippen LogP contribution is -2.41. The number of pyridine rings is 1. The summed E-state index contributed by atoms with van der Waals surface area (Å²) in [5, 5.41) is 5.92. The van der Waals surface area contributed by atoms with E-state index in [2.05, 4.69) is 15.6 Å². The van der Waals surface area contributed by atoms with Crippen LogP contribution in [0.2, 0.25) is 0 Å². The molecule has 0 unspecified atom stereocenters. The Kier molecular flexibility index (Phi) is 7.89. The maximum absolute atomic E-state index is 12.8. The number of carbonyl (C=O) groups excluding carboxylic acids is 2. The Labute approximate surface area is 191 Å². The highest BCUT2D eigenvalue weighted by Gasteiger charge is 2.24. The highest BCUT2D eigenvalue weighted by Crippen LogP contribution is 2.29. The van der Waals surface area contributed by atoms with Crippen LogP contribution in [0.4, 0.5) is 4.79 Å². The zero-order chi connectivity index (χ0) is 23.1. The number of alkyl carbamates (subject to hydrolysis) is 1. The Balaban J connectivity index is 1.45. The summed E-state index contributed by atoms with van der Waals surface area (Å²) in [4.78, 5) is 29.2. The number of aryl methyl sites for hydroxylation is 1. The van der Waals surface area contributed by atoms with Gasteiger partial charge in [-0.05, 0) is 77.3 Å². The van der Waals surface area contributed by atoms with Crippen LogP contribution in [0.15, 0.2) is 42.5 Å². The van der Waals surface area contributed by atoms with E-state index in [4.69, 9.17) is 4.74 Å². The van der Waals surface area contributed by atoms with E-state index in [1.165, 1.54) is 0 Å². The van der Waals surface area contributed by atoms with E-state index in [1.807, 2.05) is 70.2 Å². The number of hydrogen-bond donors (Lipinski definition) is 2. The summed E-state index contributed by atoms with van der Waals surface area (Å²) < 4.78 is 5.38. The number of rotatable bonds is 6. The van der Waals surface area contributed by atoms with Gasteiger partial charge in [0.2, 0.25) is 0 Å². The average Bonchev–Trinajstić information content (AvgIpc) is 2.76. The van der Waals surface area contributed by atoms with Crippen molar-refractivity contribution in [2.45, 2.75) is 58.9 Å². The van der Waals surface area contributed by atoms with Crippen LogP contribution in [0.1, 0.15) is 62.5 Å². The number of carbonyl (C=O) groups is 2. The molecular weight excluding hydrogens is 402 g/mol. The van der Waals surface area contributed by atoms with E-state index < -0.39 is 0 Å². The molecule has 0 atom stereocenters. The lowest BCUT2D eigenvalue weighted by Gasteiger charge is -2.29. The Hall–Kier alpha value is -2.89. The maximum Gasteiger partial charge on any atom is 0.407 e. The van der Waals surface area contributed by atoms with Crippen LogP contribution < -0.4 is 10.6 Å². The molecule has 1 aromatic carbocycles. The van der Waals surface area contributed by atoms with Gasteiger partial charge >= 0.3 is 6.09 Å². The topological polar surface area (TPSA) is 80.3 Å². The van der Waals surface area contributed by atoms with E-state index in [0.29, 0.717) is 30.6 Å². The van der Waals surface area contributed by atoms with Gasteiger partial charge in [0.05, 0.1) is 12.3 Å². The molecule has 0 bridgehead atoms. The minimum Gasteiger partial charge on any atom is -0.449 e. The predicted octanol–water partition coefficient (Wildman–Crippen LogP) is 5.12. The van der Waals surface area contributed by atoms with Crippen LogP contribution in [-0.4, -0.2) is 35.7 Å². The van der Waals surface area contributed by atoms with Gasteiger partial charge in [-0.15, -0.1) is 0 Å². The van der Waals surface area contributed by atoms with Gasteiger partial charge in [-0.1, -0.05) is 30.3 Å². The first kappa shape index (κ1) is 23.8.